The van der Waals surface area contributed by atoms with E-state index in [1.54, 1.807) is 0 Å². The third-order valence-corrected chi connectivity index (χ3v) is 2.56. The maximum atomic E-state index is 13.1. The van der Waals surface area contributed by atoms with Gasteiger partial charge in [0.1, 0.15) is 17.3 Å². The van der Waals surface area contributed by atoms with Crippen molar-refractivity contribution in [3.63, 3.8) is 0 Å². The predicted molar refractivity (Wildman–Crippen MR) is 69.1 cm³/mol. The number of hydrogen-bond acceptors (Lipinski definition) is 3. The van der Waals surface area contributed by atoms with Crippen LogP contribution in [0.25, 0.3) is 0 Å². The molecule has 0 aliphatic rings. The Labute approximate surface area is 113 Å². The summed E-state index contributed by atoms with van der Waals surface area (Å²) in [6, 6.07) is 7.12. The van der Waals surface area contributed by atoms with Crippen molar-refractivity contribution >= 4 is 23.2 Å². The van der Waals surface area contributed by atoms with Gasteiger partial charge in [-0.05, 0) is 30.3 Å². The van der Waals surface area contributed by atoms with E-state index < -0.39 is 11.7 Å². The van der Waals surface area contributed by atoms with Crippen molar-refractivity contribution in [1.29, 1.82) is 0 Å². The first kappa shape index (κ1) is 13.2. The molecule has 0 aliphatic heterocycles. The summed E-state index contributed by atoms with van der Waals surface area (Å²) in [6.07, 6.45) is 0. The number of halogens is 2. The molecule has 0 atom stereocenters. The lowest BCUT2D eigenvalue weighted by Gasteiger charge is -2.07. The van der Waals surface area contributed by atoms with Crippen LogP contribution in [0.4, 0.5) is 10.1 Å². The van der Waals surface area contributed by atoms with E-state index in [2.05, 4.69) is 5.32 Å². The quantitative estimate of drug-likeness (QED) is 0.792. The van der Waals surface area contributed by atoms with Crippen LogP contribution in [0.3, 0.4) is 0 Å². The highest BCUT2D eigenvalue weighted by Gasteiger charge is 2.12. The molecular weight excluding hydrogens is 273 g/mol. The summed E-state index contributed by atoms with van der Waals surface area (Å²) in [7, 11) is 0. The highest BCUT2D eigenvalue weighted by molar-refractivity contribution is 6.31. The van der Waals surface area contributed by atoms with Crippen LogP contribution in [0.1, 0.15) is 10.4 Å². The number of amides is 1. The highest BCUT2D eigenvalue weighted by atomic mass is 35.5. The number of hydrogen-bond donors (Lipinski definition) is 3. The zero-order valence-corrected chi connectivity index (χ0v) is 10.3. The van der Waals surface area contributed by atoms with Gasteiger partial charge in [-0.1, -0.05) is 11.6 Å². The van der Waals surface area contributed by atoms with Crippen LogP contribution in [-0.4, -0.2) is 16.1 Å². The Hall–Kier alpha value is -2.27. The average molecular weight is 282 g/mol. The third-order valence-electron chi connectivity index (χ3n) is 2.35. The first-order chi connectivity index (χ1) is 8.95. The SMILES string of the molecule is O=C(Nc1cc(F)cc(Cl)c1)c1ccc(O)cc1O. The van der Waals surface area contributed by atoms with Gasteiger partial charge < -0.3 is 15.5 Å². The molecule has 0 fully saturated rings. The van der Waals surface area contributed by atoms with E-state index in [1.165, 1.54) is 18.2 Å². The van der Waals surface area contributed by atoms with Crippen molar-refractivity contribution < 1.29 is 19.4 Å². The van der Waals surface area contributed by atoms with Crippen LogP contribution in [0.5, 0.6) is 11.5 Å². The summed E-state index contributed by atoms with van der Waals surface area (Å²) in [4.78, 5) is 11.9. The molecule has 3 N–H and O–H groups in total. The summed E-state index contributed by atoms with van der Waals surface area (Å²) in [5.74, 6) is -1.76. The van der Waals surface area contributed by atoms with E-state index in [0.29, 0.717) is 0 Å². The Morgan fingerprint density at radius 3 is 2.53 bits per heavy atom. The molecule has 2 aromatic carbocycles. The molecule has 19 heavy (non-hydrogen) atoms. The topological polar surface area (TPSA) is 69.6 Å². The normalized spacial score (nSPS) is 10.2. The number of carbonyl (C=O) groups excluding carboxylic acids is 1. The molecule has 0 heterocycles. The average Bonchev–Trinajstić information content (AvgIpc) is 2.26. The first-order valence-electron chi connectivity index (χ1n) is 5.25. The molecule has 0 radical (unpaired) electrons. The zero-order chi connectivity index (χ0) is 14.0. The number of benzene rings is 2. The van der Waals surface area contributed by atoms with E-state index in [1.807, 2.05) is 0 Å². The Kier molecular flexibility index (Phi) is 3.57. The lowest BCUT2D eigenvalue weighted by atomic mass is 10.1. The minimum atomic E-state index is -0.640. The Bertz CT molecular complexity index is 626. The summed E-state index contributed by atoms with van der Waals surface area (Å²) in [5, 5.41) is 21.2. The summed E-state index contributed by atoms with van der Waals surface area (Å²) >= 11 is 5.66. The molecule has 0 aliphatic carbocycles. The number of carbonyl (C=O) groups is 1. The fourth-order valence-electron chi connectivity index (χ4n) is 1.54. The van der Waals surface area contributed by atoms with Crippen molar-refractivity contribution in [1.82, 2.24) is 0 Å². The number of anilines is 1. The molecule has 0 saturated carbocycles. The van der Waals surface area contributed by atoms with Crippen LogP contribution in [0, 0.1) is 5.82 Å². The minimum Gasteiger partial charge on any atom is -0.508 e. The number of phenols is 2. The van der Waals surface area contributed by atoms with Crippen molar-refractivity contribution in [2.45, 2.75) is 0 Å². The Morgan fingerprint density at radius 1 is 1.16 bits per heavy atom. The number of aromatic hydroxyl groups is 2. The van der Waals surface area contributed by atoms with Gasteiger partial charge in [0.25, 0.3) is 5.91 Å². The third kappa shape index (κ3) is 3.14. The molecule has 6 heteroatoms. The van der Waals surface area contributed by atoms with Gasteiger partial charge in [-0.25, -0.2) is 4.39 Å². The molecule has 4 nitrogen and oxygen atoms in total. The van der Waals surface area contributed by atoms with Gasteiger partial charge in [-0.15, -0.1) is 0 Å². The number of rotatable bonds is 2. The maximum absolute atomic E-state index is 13.1. The smallest absolute Gasteiger partial charge is 0.259 e. The molecule has 0 saturated heterocycles. The van der Waals surface area contributed by atoms with Gasteiger partial charge in [0, 0.05) is 16.8 Å². The molecule has 0 bridgehead atoms. The van der Waals surface area contributed by atoms with Gasteiger partial charge in [0.2, 0.25) is 0 Å². The monoisotopic (exact) mass is 281 g/mol. The highest BCUT2D eigenvalue weighted by Crippen LogP contribution is 2.24. The molecule has 0 aromatic heterocycles. The fraction of sp³-hybridized carbons (Fsp3) is 0. The fourth-order valence-corrected chi connectivity index (χ4v) is 1.76. The standard InChI is InChI=1S/C13H9ClFNO3/c14-7-3-8(15)5-9(4-7)16-13(19)11-2-1-10(17)6-12(11)18/h1-6,17-18H,(H,16,19). The van der Waals surface area contributed by atoms with Gasteiger partial charge >= 0.3 is 0 Å². The number of nitrogens with one attached hydrogen (secondary N) is 1. The maximum Gasteiger partial charge on any atom is 0.259 e. The lowest BCUT2D eigenvalue weighted by Crippen LogP contribution is -2.12. The van der Waals surface area contributed by atoms with Gasteiger partial charge in [-0.2, -0.15) is 0 Å². The lowest BCUT2D eigenvalue weighted by molar-refractivity contribution is 0.102. The molecule has 2 rings (SSSR count). The second-order valence-electron chi connectivity index (χ2n) is 3.81. The van der Waals surface area contributed by atoms with Crippen molar-refractivity contribution in [3.05, 3.63) is 52.8 Å². The van der Waals surface area contributed by atoms with Crippen LogP contribution < -0.4 is 5.32 Å². The molecule has 98 valence electrons. The number of phenolic OH excluding ortho intramolecular Hbond substituents is 2. The molecule has 0 spiro atoms. The van der Waals surface area contributed by atoms with Crippen molar-refractivity contribution in [2.75, 3.05) is 5.32 Å². The van der Waals surface area contributed by atoms with Gasteiger partial charge in [0.15, 0.2) is 0 Å². The van der Waals surface area contributed by atoms with E-state index in [0.717, 1.165) is 18.2 Å². The largest absolute Gasteiger partial charge is 0.508 e. The Balaban J connectivity index is 2.25. The second-order valence-corrected chi connectivity index (χ2v) is 4.25. The van der Waals surface area contributed by atoms with E-state index in [9.17, 15) is 14.3 Å². The second kappa shape index (κ2) is 5.16. The Morgan fingerprint density at radius 2 is 1.89 bits per heavy atom. The van der Waals surface area contributed by atoms with E-state index in [-0.39, 0.29) is 27.8 Å². The van der Waals surface area contributed by atoms with E-state index in [4.69, 9.17) is 16.7 Å². The molecule has 1 amide bonds. The zero-order valence-electron chi connectivity index (χ0n) is 9.52. The summed E-state index contributed by atoms with van der Waals surface area (Å²) in [5.41, 5.74) is 0.126. The van der Waals surface area contributed by atoms with Gasteiger partial charge in [-0.3, -0.25) is 4.79 Å². The van der Waals surface area contributed by atoms with Crippen LogP contribution in [-0.2, 0) is 0 Å². The van der Waals surface area contributed by atoms with E-state index >= 15 is 0 Å². The van der Waals surface area contributed by atoms with Gasteiger partial charge in [0.05, 0.1) is 5.56 Å². The first-order valence-corrected chi connectivity index (χ1v) is 5.63. The minimum absolute atomic E-state index is 0.0433. The van der Waals surface area contributed by atoms with Crippen LogP contribution in [0.2, 0.25) is 5.02 Å². The molecule has 0 unspecified atom stereocenters. The summed E-state index contributed by atoms with van der Waals surface area (Å²) in [6.45, 7) is 0. The van der Waals surface area contributed by atoms with Crippen molar-refractivity contribution in [3.8, 4) is 11.5 Å². The van der Waals surface area contributed by atoms with Crippen LogP contribution >= 0.6 is 11.6 Å². The summed E-state index contributed by atoms with van der Waals surface area (Å²) < 4.78 is 13.1. The molecule has 2 aromatic rings. The van der Waals surface area contributed by atoms with Crippen LogP contribution in [0.15, 0.2) is 36.4 Å². The molecular formula is C13H9ClFNO3. The predicted octanol–water partition coefficient (Wildman–Crippen LogP) is 3.14. The van der Waals surface area contributed by atoms with Crippen molar-refractivity contribution in [2.24, 2.45) is 0 Å².